The molecule has 0 unspecified atom stereocenters. The van der Waals surface area contributed by atoms with E-state index in [2.05, 4.69) is 32.9 Å². The van der Waals surface area contributed by atoms with Gasteiger partial charge in [-0.15, -0.1) is 0 Å². The smallest absolute Gasteiger partial charge is 0.425 e. The SMILES string of the molecule is CC(C)Oc1ccccc1OC(=O)N(C)Sc1ccc(C(C)(C)C)cc1. The van der Waals surface area contributed by atoms with Gasteiger partial charge >= 0.3 is 6.09 Å². The van der Waals surface area contributed by atoms with Gasteiger partial charge in [0.05, 0.1) is 6.10 Å². The molecule has 140 valence electrons. The maximum Gasteiger partial charge on any atom is 0.425 e. The molecule has 26 heavy (non-hydrogen) atoms. The van der Waals surface area contributed by atoms with E-state index >= 15 is 0 Å². The number of ether oxygens (including phenoxy) is 2. The average molecular weight is 374 g/mol. The molecule has 4 nitrogen and oxygen atoms in total. The first kappa shape index (κ1) is 20.2. The second-order valence-electron chi connectivity index (χ2n) is 7.34. The summed E-state index contributed by atoms with van der Waals surface area (Å²) in [5.74, 6) is 0.977. The minimum absolute atomic E-state index is 0.00304. The van der Waals surface area contributed by atoms with E-state index in [4.69, 9.17) is 9.47 Å². The van der Waals surface area contributed by atoms with E-state index in [1.807, 2.05) is 38.1 Å². The topological polar surface area (TPSA) is 38.8 Å². The summed E-state index contributed by atoms with van der Waals surface area (Å²) < 4.78 is 12.7. The molecule has 0 fully saturated rings. The zero-order chi connectivity index (χ0) is 19.3. The van der Waals surface area contributed by atoms with Gasteiger partial charge in [0.2, 0.25) is 0 Å². The Balaban J connectivity index is 2.02. The van der Waals surface area contributed by atoms with Gasteiger partial charge in [-0.25, -0.2) is 9.10 Å². The van der Waals surface area contributed by atoms with Crippen molar-refractivity contribution in [1.82, 2.24) is 4.31 Å². The Labute approximate surface area is 160 Å². The summed E-state index contributed by atoms with van der Waals surface area (Å²) in [6, 6.07) is 15.4. The molecule has 2 aromatic rings. The maximum atomic E-state index is 12.4. The predicted molar refractivity (Wildman–Crippen MR) is 107 cm³/mol. The van der Waals surface area contributed by atoms with Crippen LogP contribution in [0.2, 0.25) is 0 Å². The molecule has 0 aliphatic heterocycles. The first-order valence-corrected chi connectivity index (χ1v) is 9.44. The van der Waals surface area contributed by atoms with E-state index < -0.39 is 6.09 Å². The number of amides is 1. The summed E-state index contributed by atoms with van der Waals surface area (Å²) in [7, 11) is 1.69. The first-order valence-electron chi connectivity index (χ1n) is 8.66. The van der Waals surface area contributed by atoms with Gasteiger partial charge in [-0.1, -0.05) is 45.0 Å². The lowest BCUT2D eigenvalue weighted by Crippen LogP contribution is -2.23. The van der Waals surface area contributed by atoms with Crippen LogP contribution in [0.1, 0.15) is 40.2 Å². The summed E-state index contributed by atoms with van der Waals surface area (Å²) in [6.45, 7) is 10.4. The van der Waals surface area contributed by atoms with Crippen LogP contribution in [0.5, 0.6) is 11.5 Å². The highest BCUT2D eigenvalue weighted by molar-refractivity contribution is 7.97. The monoisotopic (exact) mass is 373 g/mol. The highest BCUT2D eigenvalue weighted by Gasteiger charge is 2.17. The predicted octanol–water partition coefficient (Wildman–Crippen LogP) is 5.91. The minimum Gasteiger partial charge on any atom is -0.487 e. The minimum atomic E-state index is -0.449. The van der Waals surface area contributed by atoms with E-state index in [1.165, 1.54) is 21.8 Å². The Morgan fingerprint density at radius 2 is 1.58 bits per heavy atom. The van der Waals surface area contributed by atoms with E-state index in [9.17, 15) is 4.79 Å². The fraction of sp³-hybridized carbons (Fsp3) is 0.381. The van der Waals surface area contributed by atoms with Crippen LogP contribution in [0.3, 0.4) is 0 Å². The number of carbonyl (C=O) groups excluding carboxylic acids is 1. The fourth-order valence-electron chi connectivity index (χ4n) is 2.26. The van der Waals surface area contributed by atoms with Gasteiger partial charge in [-0.2, -0.15) is 0 Å². The Morgan fingerprint density at radius 3 is 2.12 bits per heavy atom. The van der Waals surface area contributed by atoms with Crippen molar-refractivity contribution in [2.45, 2.75) is 51.0 Å². The molecular weight excluding hydrogens is 346 g/mol. The van der Waals surface area contributed by atoms with Gasteiger partial charge in [0, 0.05) is 11.9 Å². The van der Waals surface area contributed by atoms with Gasteiger partial charge < -0.3 is 9.47 Å². The maximum absolute atomic E-state index is 12.4. The summed E-state index contributed by atoms with van der Waals surface area (Å²) in [5.41, 5.74) is 1.36. The molecule has 0 saturated carbocycles. The highest BCUT2D eigenvalue weighted by Crippen LogP contribution is 2.30. The number of hydrogen-bond acceptors (Lipinski definition) is 4. The van der Waals surface area contributed by atoms with Crippen LogP contribution in [0.15, 0.2) is 53.4 Å². The van der Waals surface area contributed by atoms with Crippen molar-refractivity contribution in [2.24, 2.45) is 0 Å². The summed E-state index contributed by atoms with van der Waals surface area (Å²) in [5, 5.41) is 0. The van der Waals surface area contributed by atoms with Crippen molar-refractivity contribution in [2.75, 3.05) is 7.05 Å². The standard InChI is InChI=1S/C21H27NO3S/c1-15(2)24-18-9-7-8-10-19(18)25-20(23)22(6)26-17-13-11-16(12-14-17)21(3,4)5/h7-15H,1-6H3. The molecule has 0 atom stereocenters. The molecule has 0 aromatic heterocycles. The van der Waals surface area contributed by atoms with Crippen LogP contribution < -0.4 is 9.47 Å². The number of para-hydroxylation sites is 2. The van der Waals surface area contributed by atoms with Gasteiger partial charge in [0.15, 0.2) is 11.5 Å². The highest BCUT2D eigenvalue weighted by atomic mass is 32.2. The van der Waals surface area contributed by atoms with Crippen molar-refractivity contribution in [1.29, 1.82) is 0 Å². The Kier molecular flexibility index (Phi) is 6.59. The molecule has 5 heteroatoms. The molecule has 1 amide bonds. The van der Waals surface area contributed by atoms with Gasteiger partial charge in [0.1, 0.15) is 0 Å². The van der Waals surface area contributed by atoms with Gasteiger partial charge in [-0.3, -0.25) is 0 Å². The van der Waals surface area contributed by atoms with Crippen LogP contribution in [0, 0.1) is 0 Å². The van der Waals surface area contributed by atoms with Crippen molar-refractivity contribution in [3.63, 3.8) is 0 Å². The lowest BCUT2D eigenvalue weighted by atomic mass is 9.87. The van der Waals surface area contributed by atoms with E-state index in [0.717, 1.165) is 4.90 Å². The van der Waals surface area contributed by atoms with Crippen molar-refractivity contribution in [3.05, 3.63) is 54.1 Å². The van der Waals surface area contributed by atoms with Crippen molar-refractivity contribution >= 4 is 18.0 Å². The van der Waals surface area contributed by atoms with Crippen molar-refractivity contribution in [3.8, 4) is 11.5 Å². The van der Waals surface area contributed by atoms with E-state index in [1.54, 1.807) is 19.2 Å². The fourth-order valence-corrected chi connectivity index (χ4v) is 2.94. The third-order valence-electron chi connectivity index (χ3n) is 3.63. The normalized spacial score (nSPS) is 11.3. The van der Waals surface area contributed by atoms with Gasteiger partial charge in [0.25, 0.3) is 0 Å². The lowest BCUT2D eigenvalue weighted by Gasteiger charge is -2.20. The van der Waals surface area contributed by atoms with E-state index in [-0.39, 0.29) is 11.5 Å². The molecule has 0 saturated heterocycles. The number of nitrogens with zero attached hydrogens (tertiary/aromatic N) is 1. The quantitative estimate of drug-likeness (QED) is 0.611. The van der Waals surface area contributed by atoms with Crippen LogP contribution in [0.4, 0.5) is 4.79 Å². The van der Waals surface area contributed by atoms with Crippen LogP contribution in [-0.2, 0) is 5.41 Å². The zero-order valence-electron chi connectivity index (χ0n) is 16.3. The molecule has 0 bridgehead atoms. The van der Waals surface area contributed by atoms with Gasteiger partial charge in [-0.05, 0) is 61.0 Å². The molecular formula is C21H27NO3S. The second kappa shape index (κ2) is 8.49. The van der Waals surface area contributed by atoms with Crippen LogP contribution in [0.25, 0.3) is 0 Å². The first-order chi connectivity index (χ1) is 12.2. The number of hydrogen-bond donors (Lipinski definition) is 0. The third-order valence-corrected chi connectivity index (χ3v) is 4.53. The summed E-state index contributed by atoms with van der Waals surface area (Å²) in [6.07, 6.45) is -0.446. The second-order valence-corrected chi connectivity index (χ2v) is 8.55. The third kappa shape index (κ3) is 5.70. The van der Waals surface area contributed by atoms with E-state index in [0.29, 0.717) is 11.5 Å². The summed E-state index contributed by atoms with van der Waals surface area (Å²) in [4.78, 5) is 13.4. The molecule has 0 aliphatic rings. The number of benzene rings is 2. The molecule has 2 aromatic carbocycles. The number of rotatable bonds is 5. The molecule has 0 N–H and O–H groups in total. The average Bonchev–Trinajstić information content (AvgIpc) is 2.55. The van der Waals surface area contributed by atoms with Crippen LogP contribution >= 0.6 is 11.9 Å². The molecule has 0 heterocycles. The largest absolute Gasteiger partial charge is 0.487 e. The Bertz CT molecular complexity index is 736. The number of carbonyl (C=O) groups is 1. The zero-order valence-corrected chi connectivity index (χ0v) is 17.1. The Hall–Kier alpha value is -2.14. The summed E-state index contributed by atoms with van der Waals surface area (Å²) >= 11 is 1.33. The van der Waals surface area contributed by atoms with Crippen molar-refractivity contribution < 1.29 is 14.3 Å². The molecule has 0 aliphatic carbocycles. The van der Waals surface area contributed by atoms with Crippen LogP contribution in [-0.4, -0.2) is 23.6 Å². The lowest BCUT2D eigenvalue weighted by molar-refractivity contribution is 0.180. The molecule has 0 spiro atoms. The molecule has 2 rings (SSSR count). The Morgan fingerprint density at radius 1 is 1.00 bits per heavy atom. The molecule has 0 radical (unpaired) electrons.